The number of methoxy groups -OCH3 is 1. The van der Waals surface area contributed by atoms with Crippen LogP contribution in [0.3, 0.4) is 0 Å². The van der Waals surface area contributed by atoms with Gasteiger partial charge in [-0.05, 0) is 23.6 Å². The summed E-state index contributed by atoms with van der Waals surface area (Å²) in [6.45, 7) is 1.86. The number of carbonyl (C=O) groups excluding carboxylic acids is 2. The van der Waals surface area contributed by atoms with Crippen molar-refractivity contribution in [1.29, 1.82) is 0 Å². The molecule has 0 fully saturated rings. The van der Waals surface area contributed by atoms with Gasteiger partial charge in [0, 0.05) is 12.8 Å². The first-order valence-electron chi connectivity index (χ1n) is 11.5. The van der Waals surface area contributed by atoms with Gasteiger partial charge in [-0.25, -0.2) is 20.0 Å². The van der Waals surface area contributed by atoms with Crippen molar-refractivity contribution < 1.29 is 29.0 Å². The zero-order valence-corrected chi connectivity index (χ0v) is 20.3. The first-order chi connectivity index (χ1) is 17.4. The van der Waals surface area contributed by atoms with Crippen molar-refractivity contribution in [3.8, 4) is 0 Å². The van der Waals surface area contributed by atoms with Gasteiger partial charge >= 0.3 is 18.0 Å². The summed E-state index contributed by atoms with van der Waals surface area (Å²) in [4.78, 5) is 38.3. The maximum atomic E-state index is 13.3. The zero-order valence-electron chi connectivity index (χ0n) is 20.3. The van der Waals surface area contributed by atoms with Gasteiger partial charge in [0.25, 0.3) is 0 Å². The van der Waals surface area contributed by atoms with E-state index in [0.717, 1.165) is 27.3 Å². The standard InChI is InChI=1S/C28H30N2O6/c1-20-10-9-15-23(16-20)17-24(26(31)32)29-30(28(34)36-19-22-13-7-4-8-14-22)25(27(33)35-2)18-21-11-5-3-6-12-21/h3-16,24-25,29H,17-19H2,1-2H3,(H,31,32)/t24-,25-/m0/s1. The lowest BCUT2D eigenvalue weighted by Gasteiger charge is -2.32. The number of aryl methyl sites for hydroxylation is 1. The normalized spacial score (nSPS) is 12.3. The summed E-state index contributed by atoms with van der Waals surface area (Å²) in [6.07, 6.45) is -0.711. The number of amides is 1. The summed E-state index contributed by atoms with van der Waals surface area (Å²) in [5.41, 5.74) is 6.01. The summed E-state index contributed by atoms with van der Waals surface area (Å²) < 4.78 is 10.5. The molecule has 0 heterocycles. The van der Waals surface area contributed by atoms with E-state index in [-0.39, 0.29) is 19.4 Å². The number of hydrogen-bond acceptors (Lipinski definition) is 6. The third kappa shape index (κ3) is 7.68. The number of esters is 1. The number of benzene rings is 3. The third-order valence-electron chi connectivity index (χ3n) is 5.57. The highest BCUT2D eigenvalue weighted by Crippen LogP contribution is 2.15. The minimum absolute atomic E-state index is 0.0489. The van der Waals surface area contributed by atoms with Gasteiger partial charge in [-0.1, -0.05) is 90.5 Å². The lowest BCUT2D eigenvalue weighted by Crippen LogP contribution is -2.59. The van der Waals surface area contributed by atoms with Gasteiger partial charge in [-0.3, -0.25) is 4.79 Å². The van der Waals surface area contributed by atoms with Gasteiger partial charge in [-0.2, -0.15) is 0 Å². The first-order valence-corrected chi connectivity index (χ1v) is 11.5. The quantitative estimate of drug-likeness (QED) is 0.310. The number of hydrogen-bond donors (Lipinski definition) is 2. The number of aliphatic carboxylic acids is 1. The van der Waals surface area contributed by atoms with Crippen LogP contribution in [-0.4, -0.2) is 47.3 Å². The monoisotopic (exact) mass is 490 g/mol. The van der Waals surface area contributed by atoms with Gasteiger partial charge in [0.2, 0.25) is 0 Å². The molecule has 0 spiro atoms. The van der Waals surface area contributed by atoms with E-state index >= 15 is 0 Å². The van der Waals surface area contributed by atoms with Crippen LogP contribution in [0.4, 0.5) is 4.79 Å². The highest BCUT2D eigenvalue weighted by molar-refractivity contribution is 5.82. The van der Waals surface area contributed by atoms with Crippen LogP contribution in [0.1, 0.15) is 22.3 Å². The van der Waals surface area contributed by atoms with Crippen molar-refractivity contribution in [1.82, 2.24) is 10.4 Å². The van der Waals surface area contributed by atoms with Crippen LogP contribution in [0.15, 0.2) is 84.9 Å². The number of carboxylic acid groups (broad SMARTS) is 1. The van der Waals surface area contributed by atoms with E-state index in [1.807, 2.05) is 79.7 Å². The Kier molecular flexibility index (Phi) is 9.59. The van der Waals surface area contributed by atoms with E-state index in [4.69, 9.17) is 9.47 Å². The smallest absolute Gasteiger partial charge is 0.425 e. The Morgan fingerprint density at radius 2 is 1.47 bits per heavy atom. The zero-order chi connectivity index (χ0) is 25.9. The molecule has 8 heteroatoms. The molecule has 188 valence electrons. The Balaban J connectivity index is 1.90. The molecule has 3 aromatic rings. The predicted molar refractivity (Wildman–Crippen MR) is 134 cm³/mol. The maximum Gasteiger partial charge on any atom is 0.425 e. The van der Waals surface area contributed by atoms with Gasteiger partial charge in [0.1, 0.15) is 12.6 Å². The molecule has 1 amide bonds. The average Bonchev–Trinajstić information content (AvgIpc) is 2.89. The summed E-state index contributed by atoms with van der Waals surface area (Å²) in [6, 6.07) is 23.2. The molecule has 3 aromatic carbocycles. The molecule has 0 aliphatic heterocycles. The number of nitrogens with zero attached hydrogens (tertiary/aromatic N) is 1. The van der Waals surface area contributed by atoms with E-state index in [1.165, 1.54) is 7.11 Å². The summed E-state index contributed by atoms with van der Waals surface area (Å²) >= 11 is 0. The van der Waals surface area contributed by atoms with E-state index in [0.29, 0.717) is 0 Å². The second-order valence-electron chi connectivity index (χ2n) is 8.35. The molecule has 0 radical (unpaired) electrons. The SMILES string of the molecule is COC(=O)[C@H](Cc1ccccc1)N(N[C@@H](Cc1cccc(C)c1)C(=O)O)C(=O)OCc1ccccc1. The van der Waals surface area contributed by atoms with Crippen molar-refractivity contribution in [3.63, 3.8) is 0 Å². The maximum absolute atomic E-state index is 13.3. The van der Waals surface area contributed by atoms with Gasteiger partial charge in [0.05, 0.1) is 7.11 Å². The molecule has 3 rings (SSSR count). The molecule has 0 aliphatic carbocycles. The van der Waals surface area contributed by atoms with Crippen LogP contribution in [0.5, 0.6) is 0 Å². The number of ether oxygens (including phenoxy) is 2. The molecule has 8 nitrogen and oxygen atoms in total. The summed E-state index contributed by atoms with van der Waals surface area (Å²) in [5.74, 6) is -1.89. The van der Waals surface area contributed by atoms with Crippen LogP contribution >= 0.6 is 0 Å². The van der Waals surface area contributed by atoms with Gasteiger partial charge < -0.3 is 14.6 Å². The first kappa shape index (κ1) is 26.4. The Hall–Kier alpha value is -4.17. The van der Waals surface area contributed by atoms with Crippen molar-refractivity contribution >= 4 is 18.0 Å². The second kappa shape index (κ2) is 13.1. The lowest BCUT2D eigenvalue weighted by molar-refractivity contribution is -0.150. The molecule has 0 aliphatic rings. The average molecular weight is 491 g/mol. The predicted octanol–water partition coefficient (Wildman–Crippen LogP) is 3.92. The molecular weight excluding hydrogens is 460 g/mol. The molecule has 0 aromatic heterocycles. The minimum atomic E-state index is -1.21. The highest BCUT2D eigenvalue weighted by Gasteiger charge is 2.35. The fourth-order valence-corrected chi connectivity index (χ4v) is 3.74. The Morgan fingerprint density at radius 3 is 2.06 bits per heavy atom. The molecule has 36 heavy (non-hydrogen) atoms. The van der Waals surface area contributed by atoms with Crippen LogP contribution in [0.2, 0.25) is 0 Å². The van der Waals surface area contributed by atoms with E-state index in [1.54, 1.807) is 12.1 Å². The largest absolute Gasteiger partial charge is 0.480 e. The van der Waals surface area contributed by atoms with E-state index in [9.17, 15) is 19.5 Å². The molecule has 0 unspecified atom stereocenters. The van der Waals surface area contributed by atoms with Crippen molar-refractivity contribution in [3.05, 3.63) is 107 Å². The van der Waals surface area contributed by atoms with Crippen molar-refractivity contribution in [2.45, 2.75) is 38.5 Å². The molecular formula is C28H30N2O6. The number of nitrogens with one attached hydrogen (secondary N) is 1. The fraction of sp³-hybridized carbons (Fsp3) is 0.250. The van der Waals surface area contributed by atoms with E-state index < -0.39 is 30.1 Å². The summed E-state index contributed by atoms with van der Waals surface area (Å²) in [5, 5.41) is 10.9. The van der Waals surface area contributed by atoms with Crippen LogP contribution in [-0.2, 0) is 38.5 Å². The van der Waals surface area contributed by atoms with Gasteiger partial charge in [0.15, 0.2) is 6.04 Å². The van der Waals surface area contributed by atoms with Crippen molar-refractivity contribution in [2.75, 3.05) is 7.11 Å². The third-order valence-corrected chi connectivity index (χ3v) is 5.57. The van der Waals surface area contributed by atoms with E-state index in [2.05, 4.69) is 5.43 Å². The molecule has 0 saturated carbocycles. The topological polar surface area (TPSA) is 105 Å². The lowest BCUT2D eigenvalue weighted by atomic mass is 10.0. The minimum Gasteiger partial charge on any atom is -0.480 e. The Morgan fingerprint density at radius 1 is 0.861 bits per heavy atom. The fourth-order valence-electron chi connectivity index (χ4n) is 3.74. The summed E-state index contributed by atoms with van der Waals surface area (Å²) in [7, 11) is 1.22. The number of hydrazine groups is 1. The Labute approximate surface area is 210 Å². The second-order valence-corrected chi connectivity index (χ2v) is 8.35. The van der Waals surface area contributed by atoms with Crippen LogP contribution in [0.25, 0.3) is 0 Å². The Bertz CT molecular complexity index is 1150. The molecule has 2 atom stereocenters. The number of rotatable bonds is 11. The van der Waals surface area contributed by atoms with Crippen LogP contribution in [0, 0.1) is 6.92 Å². The number of carboxylic acids is 1. The van der Waals surface area contributed by atoms with Crippen molar-refractivity contribution in [2.24, 2.45) is 0 Å². The van der Waals surface area contributed by atoms with Gasteiger partial charge in [-0.15, -0.1) is 0 Å². The number of carbonyl (C=O) groups is 3. The highest BCUT2D eigenvalue weighted by atomic mass is 16.6. The molecule has 0 bridgehead atoms. The van der Waals surface area contributed by atoms with Crippen LogP contribution < -0.4 is 5.43 Å². The molecule has 2 N–H and O–H groups in total. The molecule has 0 saturated heterocycles.